The smallest absolute Gasteiger partial charge is 0.340 e. The third-order valence-corrected chi connectivity index (χ3v) is 5.26. The van der Waals surface area contributed by atoms with Gasteiger partial charge in [-0.05, 0) is 31.2 Å². The molecule has 0 spiro atoms. The predicted molar refractivity (Wildman–Crippen MR) is 119 cm³/mol. The molecule has 166 valence electrons. The van der Waals surface area contributed by atoms with Gasteiger partial charge in [0.2, 0.25) is 0 Å². The molecule has 0 saturated carbocycles. The van der Waals surface area contributed by atoms with E-state index < -0.39 is 5.97 Å². The zero-order chi connectivity index (χ0) is 23.1. The number of hydrazone groups is 1. The molecule has 1 aromatic heterocycles. The van der Waals surface area contributed by atoms with Gasteiger partial charge in [0, 0.05) is 11.3 Å². The highest BCUT2D eigenvalue weighted by Gasteiger charge is 2.20. The minimum absolute atomic E-state index is 0.0417. The normalized spacial score (nSPS) is 10.8. The maximum absolute atomic E-state index is 12.2. The number of para-hydroxylation sites is 1. The summed E-state index contributed by atoms with van der Waals surface area (Å²) in [5.41, 5.74) is 3.41. The molecule has 0 aliphatic rings. The summed E-state index contributed by atoms with van der Waals surface area (Å²) in [7, 11) is 2.76. The van der Waals surface area contributed by atoms with E-state index >= 15 is 0 Å². The average molecular weight is 455 g/mol. The molecule has 0 saturated heterocycles. The molecule has 1 amide bonds. The molecule has 0 radical (unpaired) electrons. The predicted octanol–water partition coefficient (Wildman–Crippen LogP) is 2.53. The van der Waals surface area contributed by atoms with E-state index in [0.717, 1.165) is 5.69 Å². The van der Waals surface area contributed by atoms with Gasteiger partial charge < -0.3 is 14.6 Å². The van der Waals surface area contributed by atoms with Crippen molar-refractivity contribution in [3.8, 4) is 17.2 Å². The number of carboxylic acid groups (broad SMARTS) is 1. The van der Waals surface area contributed by atoms with Crippen LogP contribution in [0.3, 0.4) is 0 Å². The summed E-state index contributed by atoms with van der Waals surface area (Å²) in [5.74, 6) is -0.503. The number of hydrogen-bond acceptors (Lipinski definition) is 8. The summed E-state index contributed by atoms with van der Waals surface area (Å²) >= 11 is 1.21. The first-order chi connectivity index (χ1) is 15.5. The van der Waals surface area contributed by atoms with E-state index in [-0.39, 0.29) is 34.3 Å². The monoisotopic (exact) mass is 455 g/mol. The quantitative estimate of drug-likeness (QED) is 0.286. The number of nitrogens with one attached hydrogen (secondary N) is 1. The number of methoxy groups -OCH3 is 2. The summed E-state index contributed by atoms with van der Waals surface area (Å²) < 4.78 is 12.1. The first kappa shape index (κ1) is 22.8. The van der Waals surface area contributed by atoms with Gasteiger partial charge in [0.25, 0.3) is 5.91 Å². The summed E-state index contributed by atoms with van der Waals surface area (Å²) in [4.78, 5) is 23.9. The number of hydrogen-bond donors (Lipinski definition) is 2. The van der Waals surface area contributed by atoms with Gasteiger partial charge in [-0.2, -0.15) is 5.10 Å². The van der Waals surface area contributed by atoms with Crippen molar-refractivity contribution >= 4 is 29.9 Å². The number of nitrogens with zero attached hydrogens (tertiary/aromatic N) is 4. The second-order valence-electron chi connectivity index (χ2n) is 6.35. The highest BCUT2D eigenvalue weighted by molar-refractivity contribution is 7.99. The third-order valence-electron chi connectivity index (χ3n) is 4.33. The van der Waals surface area contributed by atoms with Crippen molar-refractivity contribution in [2.75, 3.05) is 20.0 Å². The minimum atomic E-state index is -1.21. The number of carbonyl (C=O) groups is 2. The third kappa shape index (κ3) is 5.06. The van der Waals surface area contributed by atoms with Gasteiger partial charge in [-0.1, -0.05) is 30.0 Å². The SMILES string of the molecule is COc1ccc(/C=N\NC(=O)CSc2nnc(C)n2-c2ccccc2)c(C(=O)O)c1OC. The Labute approximate surface area is 188 Å². The number of aromatic nitrogens is 3. The number of rotatable bonds is 9. The molecular weight excluding hydrogens is 434 g/mol. The van der Waals surface area contributed by atoms with Crippen LogP contribution in [0.25, 0.3) is 5.69 Å². The Balaban J connectivity index is 1.68. The number of carboxylic acids is 1. The number of ether oxygens (including phenoxy) is 2. The van der Waals surface area contributed by atoms with Gasteiger partial charge in [-0.3, -0.25) is 9.36 Å². The first-order valence-electron chi connectivity index (χ1n) is 9.36. The molecule has 2 N–H and O–H groups in total. The maximum Gasteiger partial charge on any atom is 0.340 e. The fourth-order valence-corrected chi connectivity index (χ4v) is 3.71. The molecule has 0 atom stereocenters. The van der Waals surface area contributed by atoms with Crippen molar-refractivity contribution in [1.82, 2.24) is 20.2 Å². The number of benzene rings is 2. The van der Waals surface area contributed by atoms with Gasteiger partial charge in [-0.25, -0.2) is 10.2 Å². The van der Waals surface area contributed by atoms with Crippen LogP contribution in [-0.2, 0) is 4.79 Å². The van der Waals surface area contributed by atoms with E-state index in [2.05, 4.69) is 20.7 Å². The first-order valence-corrected chi connectivity index (χ1v) is 10.3. The van der Waals surface area contributed by atoms with Gasteiger partial charge >= 0.3 is 5.97 Å². The second-order valence-corrected chi connectivity index (χ2v) is 7.30. The largest absolute Gasteiger partial charge is 0.493 e. The zero-order valence-electron chi connectivity index (χ0n) is 17.6. The number of amides is 1. The van der Waals surface area contributed by atoms with E-state index in [0.29, 0.717) is 11.0 Å². The van der Waals surface area contributed by atoms with Crippen LogP contribution >= 0.6 is 11.8 Å². The van der Waals surface area contributed by atoms with E-state index in [1.165, 1.54) is 38.3 Å². The van der Waals surface area contributed by atoms with Crippen molar-refractivity contribution in [3.05, 3.63) is 59.4 Å². The topological polar surface area (TPSA) is 128 Å². The molecule has 0 bridgehead atoms. The highest BCUT2D eigenvalue weighted by atomic mass is 32.2. The standard InChI is InChI=1S/C21H21N5O5S/c1-13-23-25-21(26(13)15-7-5-4-6-8-15)32-12-17(27)24-22-11-14-9-10-16(30-2)19(31-3)18(14)20(28)29/h4-11H,12H2,1-3H3,(H,24,27)(H,28,29)/b22-11-. The summed E-state index contributed by atoms with van der Waals surface area (Å²) in [6.45, 7) is 1.83. The molecule has 11 heteroatoms. The Bertz CT molecular complexity index is 1150. The van der Waals surface area contributed by atoms with Gasteiger partial charge in [0.1, 0.15) is 11.4 Å². The molecule has 3 rings (SSSR count). The van der Waals surface area contributed by atoms with Gasteiger partial charge in [-0.15, -0.1) is 10.2 Å². The lowest BCUT2D eigenvalue weighted by Crippen LogP contribution is -2.20. The van der Waals surface area contributed by atoms with Crippen LogP contribution in [0.1, 0.15) is 21.7 Å². The minimum Gasteiger partial charge on any atom is -0.493 e. The van der Waals surface area contributed by atoms with Crippen molar-refractivity contribution in [2.24, 2.45) is 5.10 Å². The molecule has 1 heterocycles. The summed E-state index contributed by atoms with van der Waals surface area (Å²) in [6, 6.07) is 12.6. The van der Waals surface area contributed by atoms with Crippen LogP contribution in [0.15, 0.2) is 52.7 Å². The van der Waals surface area contributed by atoms with Crippen LogP contribution in [0, 0.1) is 6.92 Å². The van der Waals surface area contributed by atoms with Gasteiger partial charge in [0.15, 0.2) is 16.7 Å². The summed E-state index contributed by atoms with van der Waals surface area (Å²) in [5, 5.41) is 22.2. The van der Waals surface area contributed by atoms with Crippen molar-refractivity contribution in [1.29, 1.82) is 0 Å². The molecule has 3 aromatic rings. The molecule has 0 fully saturated rings. The van der Waals surface area contributed by atoms with Crippen LogP contribution in [0.5, 0.6) is 11.5 Å². The summed E-state index contributed by atoms with van der Waals surface area (Å²) in [6.07, 6.45) is 1.24. The molecule has 0 unspecified atom stereocenters. The molecule has 0 aliphatic carbocycles. The Hall–Kier alpha value is -3.86. The van der Waals surface area contributed by atoms with Crippen LogP contribution in [0.2, 0.25) is 0 Å². The van der Waals surface area contributed by atoms with Crippen LogP contribution in [0.4, 0.5) is 0 Å². The van der Waals surface area contributed by atoms with E-state index in [1.807, 2.05) is 41.8 Å². The Kier molecular flexibility index (Phi) is 7.45. The van der Waals surface area contributed by atoms with Gasteiger partial charge in [0.05, 0.1) is 26.2 Å². The molecule has 10 nitrogen and oxygen atoms in total. The van der Waals surface area contributed by atoms with Crippen molar-refractivity contribution < 1.29 is 24.2 Å². The average Bonchev–Trinajstić information content (AvgIpc) is 3.17. The molecule has 2 aromatic carbocycles. The lowest BCUT2D eigenvalue weighted by Gasteiger charge is -2.12. The van der Waals surface area contributed by atoms with Crippen molar-refractivity contribution in [2.45, 2.75) is 12.1 Å². The number of aryl methyl sites for hydroxylation is 1. The Morgan fingerprint density at radius 1 is 1.16 bits per heavy atom. The molecular formula is C21H21N5O5S. The fourth-order valence-electron chi connectivity index (χ4n) is 2.92. The maximum atomic E-state index is 12.2. The Morgan fingerprint density at radius 2 is 1.91 bits per heavy atom. The fraction of sp³-hybridized carbons (Fsp3) is 0.190. The van der Waals surface area contributed by atoms with Crippen LogP contribution < -0.4 is 14.9 Å². The van der Waals surface area contributed by atoms with Crippen molar-refractivity contribution in [3.63, 3.8) is 0 Å². The molecule has 32 heavy (non-hydrogen) atoms. The van der Waals surface area contributed by atoms with E-state index in [4.69, 9.17) is 9.47 Å². The number of thioether (sulfide) groups is 1. The zero-order valence-corrected chi connectivity index (χ0v) is 18.4. The number of aromatic carboxylic acids is 1. The van der Waals surface area contributed by atoms with Crippen LogP contribution in [-0.4, -0.2) is 57.9 Å². The Morgan fingerprint density at radius 3 is 2.56 bits per heavy atom. The van der Waals surface area contributed by atoms with E-state index in [1.54, 1.807) is 6.07 Å². The highest BCUT2D eigenvalue weighted by Crippen LogP contribution is 2.32. The molecule has 0 aliphatic heterocycles. The second kappa shape index (κ2) is 10.4. The lowest BCUT2D eigenvalue weighted by molar-refractivity contribution is -0.118. The number of carbonyl (C=O) groups excluding carboxylic acids is 1. The lowest BCUT2D eigenvalue weighted by atomic mass is 10.1. The van der Waals surface area contributed by atoms with E-state index in [9.17, 15) is 14.7 Å².